The predicted octanol–water partition coefficient (Wildman–Crippen LogP) is 2.20. The molecule has 0 radical (unpaired) electrons. The van der Waals surface area contributed by atoms with Crippen LogP contribution in [0.1, 0.15) is 39.8 Å². The number of rotatable bonds is 6. The molecule has 2 unspecified atom stereocenters. The van der Waals surface area contributed by atoms with Crippen molar-refractivity contribution < 1.29 is 4.74 Å². The first kappa shape index (κ1) is 13.6. The van der Waals surface area contributed by atoms with Gasteiger partial charge in [0.15, 0.2) is 0 Å². The standard InChI is InChI=1S/C14H25N3O/c1-5-17-10-15-8-11(17)9-16-12-7-13(18-6-2)14(12,3)4/h8,10,12-13,16H,5-7,9H2,1-4H3. The van der Waals surface area contributed by atoms with Crippen LogP contribution >= 0.6 is 0 Å². The minimum Gasteiger partial charge on any atom is -0.378 e. The van der Waals surface area contributed by atoms with Crippen molar-refractivity contribution in [3.8, 4) is 0 Å². The highest BCUT2D eigenvalue weighted by Crippen LogP contribution is 2.42. The third kappa shape index (κ3) is 2.45. The van der Waals surface area contributed by atoms with Crippen LogP contribution < -0.4 is 5.32 Å². The second-order valence-electron chi connectivity index (χ2n) is 5.61. The summed E-state index contributed by atoms with van der Waals surface area (Å²) in [6, 6.07) is 0.536. The van der Waals surface area contributed by atoms with Crippen molar-refractivity contribution in [3.05, 3.63) is 18.2 Å². The van der Waals surface area contributed by atoms with E-state index < -0.39 is 0 Å². The number of hydrogen-bond donors (Lipinski definition) is 1. The summed E-state index contributed by atoms with van der Waals surface area (Å²) in [7, 11) is 0. The van der Waals surface area contributed by atoms with E-state index in [1.807, 2.05) is 12.5 Å². The number of aromatic nitrogens is 2. The van der Waals surface area contributed by atoms with Gasteiger partial charge in [-0.3, -0.25) is 0 Å². The van der Waals surface area contributed by atoms with Gasteiger partial charge in [-0.1, -0.05) is 13.8 Å². The van der Waals surface area contributed by atoms with Crippen LogP contribution in [0.4, 0.5) is 0 Å². The Bertz CT molecular complexity index is 386. The number of nitrogens with one attached hydrogen (secondary N) is 1. The van der Waals surface area contributed by atoms with Crippen LogP contribution in [-0.4, -0.2) is 28.3 Å². The van der Waals surface area contributed by atoms with Crippen molar-refractivity contribution in [2.45, 2.75) is 59.4 Å². The summed E-state index contributed by atoms with van der Waals surface area (Å²) in [5, 5.41) is 3.63. The van der Waals surface area contributed by atoms with E-state index in [1.165, 1.54) is 5.69 Å². The van der Waals surface area contributed by atoms with Crippen molar-refractivity contribution in [2.24, 2.45) is 5.41 Å². The molecule has 2 rings (SSSR count). The van der Waals surface area contributed by atoms with Crippen molar-refractivity contribution >= 4 is 0 Å². The van der Waals surface area contributed by atoms with E-state index in [0.29, 0.717) is 12.1 Å². The molecule has 1 aromatic heterocycles. The average molecular weight is 251 g/mol. The molecule has 1 N–H and O–H groups in total. The summed E-state index contributed by atoms with van der Waals surface area (Å²) in [6.45, 7) is 11.5. The lowest BCUT2D eigenvalue weighted by atomic mass is 9.64. The first-order chi connectivity index (χ1) is 8.59. The van der Waals surface area contributed by atoms with Gasteiger partial charge in [-0.2, -0.15) is 0 Å². The van der Waals surface area contributed by atoms with Crippen LogP contribution in [-0.2, 0) is 17.8 Å². The van der Waals surface area contributed by atoms with Crippen LogP contribution in [0.2, 0.25) is 0 Å². The zero-order valence-electron chi connectivity index (χ0n) is 11.9. The molecule has 4 heteroatoms. The molecule has 0 bridgehead atoms. The summed E-state index contributed by atoms with van der Waals surface area (Å²) in [6.07, 6.45) is 5.35. The first-order valence-electron chi connectivity index (χ1n) is 6.93. The fourth-order valence-electron chi connectivity index (χ4n) is 2.72. The lowest BCUT2D eigenvalue weighted by Crippen LogP contribution is -2.60. The Morgan fingerprint density at radius 1 is 1.50 bits per heavy atom. The maximum absolute atomic E-state index is 5.75. The zero-order chi connectivity index (χ0) is 13.2. The summed E-state index contributed by atoms with van der Waals surface area (Å²) in [4.78, 5) is 4.19. The van der Waals surface area contributed by atoms with Crippen LogP contribution in [0.3, 0.4) is 0 Å². The van der Waals surface area contributed by atoms with E-state index in [2.05, 4.69) is 42.6 Å². The number of imidazole rings is 1. The molecule has 2 atom stereocenters. The highest BCUT2D eigenvalue weighted by Gasteiger charge is 2.48. The molecule has 1 aliphatic carbocycles. The number of ether oxygens (including phenoxy) is 1. The third-order valence-corrected chi connectivity index (χ3v) is 4.21. The van der Waals surface area contributed by atoms with Crippen molar-refractivity contribution in [1.82, 2.24) is 14.9 Å². The van der Waals surface area contributed by atoms with Crippen LogP contribution in [0.5, 0.6) is 0 Å². The minimum atomic E-state index is 0.229. The third-order valence-electron chi connectivity index (χ3n) is 4.21. The van der Waals surface area contributed by atoms with E-state index >= 15 is 0 Å². The molecule has 4 nitrogen and oxygen atoms in total. The lowest BCUT2D eigenvalue weighted by molar-refractivity contribution is -0.114. The van der Waals surface area contributed by atoms with Gasteiger partial charge in [0, 0.05) is 37.4 Å². The van der Waals surface area contributed by atoms with Crippen LogP contribution in [0.25, 0.3) is 0 Å². The zero-order valence-corrected chi connectivity index (χ0v) is 11.9. The van der Waals surface area contributed by atoms with Gasteiger partial charge in [-0.25, -0.2) is 4.98 Å². The first-order valence-corrected chi connectivity index (χ1v) is 6.93. The van der Waals surface area contributed by atoms with E-state index in [4.69, 9.17) is 4.74 Å². The molecule has 1 fully saturated rings. The van der Waals surface area contributed by atoms with Gasteiger partial charge in [-0.15, -0.1) is 0 Å². The molecule has 0 amide bonds. The van der Waals surface area contributed by atoms with Crippen molar-refractivity contribution in [1.29, 1.82) is 0 Å². The second kappa shape index (κ2) is 5.41. The molecule has 102 valence electrons. The molecule has 1 saturated carbocycles. The Morgan fingerprint density at radius 3 is 2.89 bits per heavy atom. The van der Waals surface area contributed by atoms with Crippen molar-refractivity contribution in [3.63, 3.8) is 0 Å². The van der Waals surface area contributed by atoms with Gasteiger partial charge >= 0.3 is 0 Å². The quantitative estimate of drug-likeness (QED) is 0.842. The van der Waals surface area contributed by atoms with Gasteiger partial charge in [0.2, 0.25) is 0 Å². The monoisotopic (exact) mass is 251 g/mol. The van der Waals surface area contributed by atoms with Gasteiger partial charge in [-0.05, 0) is 20.3 Å². The summed E-state index contributed by atoms with van der Waals surface area (Å²) < 4.78 is 7.93. The predicted molar refractivity (Wildman–Crippen MR) is 72.3 cm³/mol. The number of hydrogen-bond acceptors (Lipinski definition) is 3. The Labute approximate surface area is 110 Å². The van der Waals surface area contributed by atoms with Crippen LogP contribution in [0, 0.1) is 5.41 Å². The molecule has 0 spiro atoms. The molecule has 1 aromatic rings. The molecule has 0 aliphatic heterocycles. The van der Waals surface area contributed by atoms with E-state index in [0.717, 1.165) is 26.1 Å². The summed E-state index contributed by atoms with van der Waals surface area (Å²) in [5.41, 5.74) is 1.49. The molecular weight excluding hydrogens is 226 g/mol. The highest BCUT2D eigenvalue weighted by atomic mass is 16.5. The SMILES string of the molecule is CCOC1CC(NCc2cncn2CC)C1(C)C. The Balaban J connectivity index is 1.85. The van der Waals surface area contributed by atoms with E-state index in [9.17, 15) is 0 Å². The molecular formula is C14H25N3O. The van der Waals surface area contributed by atoms with Crippen molar-refractivity contribution in [2.75, 3.05) is 6.61 Å². The Hall–Kier alpha value is -0.870. The molecule has 1 aliphatic rings. The fraction of sp³-hybridized carbons (Fsp3) is 0.786. The number of aryl methyl sites for hydroxylation is 1. The van der Waals surface area contributed by atoms with Crippen LogP contribution in [0.15, 0.2) is 12.5 Å². The fourth-order valence-corrected chi connectivity index (χ4v) is 2.72. The summed E-state index contributed by atoms with van der Waals surface area (Å²) in [5.74, 6) is 0. The number of nitrogens with zero attached hydrogens (tertiary/aromatic N) is 2. The molecule has 0 aromatic carbocycles. The smallest absolute Gasteiger partial charge is 0.0948 e. The van der Waals surface area contributed by atoms with Gasteiger partial charge in [0.1, 0.15) is 0 Å². The van der Waals surface area contributed by atoms with E-state index in [1.54, 1.807) is 0 Å². The van der Waals surface area contributed by atoms with Gasteiger partial charge in [0.05, 0.1) is 18.1 Å². The molecule has 1 heterocycles. The Kier molecular flexibility index (Phi) is 4.07. The van der Waals surface area contributed by atoms with Gasteiger partial charge in [0.25, 0.3) is 0 Å². The maximum atomic E-state index is 5.75. The Morgan fingerprint density at radius 2 is 2.28 bits per heavy atom. The maximum Gasteiger partial charge on any atom is 0.0948 e. The normalized spacial score (nSPS) is 26.0. The highest BCUT2D eigenvalue weighted by molar-refractivity contribution is 5.05. The molecule has 0 saturated heterocycles. The summed E-state index contributed by atoms with van der Waals surface area (Å²) >= 11 is 0. The largest absolute Gasteiger partial charge is 0.378 e. The second-order valence-corrected chi connectivity index (χ2v) is 5.61. The lowest BCUT2D eigenvalue weighted by Gasteiger charge is -2.52. The molecule has 18 heavy (non-hydrogen) atoms. The van der Waals surface area contributed by atoms with E-state index in [-0.39, 0.29) is 5.41 Å². The minimum absolute atomic E-state index is 0.229. The topological polar surface area (TPSA) is 39.1 Å². The average Bonchev–Trinajstić information content (AvgIpc) is 2.80. The van der Waals surface area contributed by atoms with Gasteiger partial charge < -0.3 is 14.6 Å².